The van der Waals surface area contributed by atoms with E-state index in [9.17, 15) is 0 Å². The molecule has 0 radical (unpaired) electrons. The van der Waals surface area contributed by atoms with Gasteiger partial charge in [-0.3, -0.25) is 0 Å². The third-order valence-electron chi connectivity index (χ3n) is 3.21. The lowest BCUT2D eigenvalue weighted by molar-refractivity contribution is 0.507. The first-order valence-electron chi connectivity index (χ1n) is 6.55. The Bertz CT molecular complexity index is 153. The van der Waals surface area contributed by atoms with Crippen LogP contribution in [0, 0.1) is 5.92 Å². The molecule has 0 amide bonds. The fourth-order valence-electron chi connectivity index (χ4n) is 2.12. The summed E-state index contributed by atoms with van der Waals surface area (Å²) in [5.41, 5.74) is 6.12. The minimum absolute atomic E-state index is 0.430. The van der Waals surface area contributed by atoms with Crippen LogP contribution in [0.15, 0.2) is 0 Å². The molecule has 0 aromatic heterocycles. The van der Waals surface area contributed by atoms with Gasteiger partial charge >= 0.3 is 0 Å². The zero-order valence-corrected chi connectivity index (χ0v) is 11.2. The van der Waals surface area contributed by atoms with Gasteiger partial charge in [0.1, 0.15) is 0 Å². The smallest absolute Gasteiger partial charge is 0.0130 e. The van der Waals surface area contributed by atoms with Gasteiger partial charge in [0.2, 0.25) is 0 Å². The van der Waals surface area contributed by atoms with Gasteiger partial charge in [0.15, 0.2) is 0 Å². The molecule has 1 unspecified atom stereocenters. The Hall–Kier alpha value is 0.310. The molecule has 2 heteroatoms. The maximum absolute atomic E-state index is 6.12. The molecule has 90 valence electrons. The van der Waals surface area contributed by atoms with Crippen molar-refractivity contribution < 1.29 is 0 Å². The minimum Gasteiger partial charge on any atom is -0.327 e. The van der Waals surface area contributed by atoms with Crippen LogP contribution in [0.4, 0.5) is 0 Å². The lowest BCUT2D eigenvalue weighted by Gasteiger charge is -2.22. The summed E-state index contributed by atoms with van der Waals surface area (Å²) in [5, 5.41) is 0.920. The van der Waals surface area contributed by atoms with Crippen LogP contribution in [-0.4, -0.2) is 17.0 Å². The Morgan fingerprint density at radius 2 is 1.80 bits per heavy atom. The molecule has 1 saturated carbocycles. The van der Waals surface area contributed by atoms with Gasteiger partial charge in [0.25, 0.3) is 0 Å². The molecule has 1 aliphatic rings. The van der Waals surface area contributed by atoms with Crippen molar-refractivity contribution in [2.75, 3.05) is 5.75 Å². The van der Waals surface area contributed by atoms with E-state index in [0.717, 1.165) is 11.2 Å². The Morgan fingerprint density at radius 1 is 1.13 bits per heavy atom. The summed E-state index contributed by atoms with van der Waals surface area (Å²) >= 11 is 2.13. The summed E-state index contributed by atoms with van der Waals surface area (Å²) in [4.78, 5) is 0. The largest absolute Gasteiger partial charge is 0.327 e. The first kappa shape index (κ1) is 13.4. The minimum atomic E-state index is 0.430. The molecular formula is C13H27NS. The fraction of sp³-hybridized carbons (Fsp3) is 1.00. The Morgan fingerprint density at radius 3 is 2.40 bits per heavy atom. The molecule has 1 aliphatic carbocycles. The Balaban J connectivity index is 2.02. The zero-order chi connectivity index (χ0) is 11.1. The molecule has 0 saturated heterocycles. The predicted octanol–water partition coefficient (Wildman–Crippen LogP) is 3.82. The third kappa shape index (κ3) is 6.47. The van der Waals surface area contributed by atoms with Crippen molar-refractivity contribution in [1.29, 1.82) is 0 Å². The van der Waals surface area contributed by atoms with Crippen molar-refractivity contribution in [1.82, 2.24) is 0 Å². The molecule has 1 atom stereocenters. The number of nitrogens with two attached hydrogens (primary N) is 1. The highest BCUT2D eigenvalue weighted by Crippen LogP contribution is 2.28. The molecule has 0 heterocycles. The normalized spacial score (nSPS) is 20.8. The van der Waals surface area contributed by atoms with Crippen LogP contribution in [0.25, 0.3) is 0 Å². The van der Waals surface area contributed by atoms with E-state index in [1.54, 1.807) is 0 Å². The van der Waals surface area contributed by atoms with Crippen LogP contribution in [0.5, 0.6) is 0 Å². The monoisotopic (exact) mass is 229 g/mol. The van der Waals surface area contributed by atoms with Gasteiger partial charge < -0.3 is 5.73 Å². The van der Waals surface area contributed by atoms with Crippen LogP contribution >= 0.6 is 11.8 Å². The molecule has 1 nitrogen and oxygen atoms in total. The van der Waals surface area contributed by atoms with E-state index in [0.29, 0.717) is 6.04 Å². The summed E-state index contributed by atoms with van der Waals surface area (Å²) in [7, 11) is 0. The van der Waals surface area contributed by atoms with Crippen molar-refractivity contribution >= 4 is 11.8 Å². The summed E-state index contributed by atoms with van der Waals surface area (Å²) in [5.74, 6) is 1.98. The van der Waals surface area contributed by atoms with Gasteiger partial charge in [-0.15, -0.1) is 0 Å². The van der Waals surface area contributed by atoms with Crippen LogP contribution in [0.1, 0.15) is 58.8 Å². The molecule has 1 rings (SSSR count). The summed E-state index contributed by atoms with van der Waals surface area (Å²) in [6.45, 7) is 4.56. The second kappa shape index (κ2) is 7.56. The van der Waals surface area contributed by atoms with Gasteiger partial charge in [-0.05, 0) is 31.6 Å². The molecule has 0 aromatic rings. The SMILES string of the molecule is CC(C)CCC(N)CSC1CCCCC1. The fourth-order valence-corrected chi connectivity index (χ4v) is 3.47. The highest BCUT2D eigenvalue weighted by molar-refractivity contribution is 7.99. The van der Waals surface area contributed by atoms with E-state index >= 15 is 0 Å². The van der Waals surface area contributed by atoms with Gasteiger partial charge in [-0.2, -0.15) is 11.8 Å². The van der Waals surface area contributed by atoms with Gasteiger partial charge in [0.05, 0.1) is 0 Å². The van der Waals surface area contributed by atoms with Crippen LogP contribution < -0.4 is 5.73 Å². The molecule has 1 fully saturated rings. The molecule has 0 spiro atoms. The highest BCUT2D eigenvalue weighted by atomic mass is 32.2. The molecule has 2 N–H and O–H groups in total. The lowest BCUT2D eigenvalue weighted by Crippen LogP contribution is -2.25. The van der Waals surface area contributed by atoms with E-state index < -0.39 is 0 Å². The van der Waals surface area contributed by atoms with Crippen molar-refractivity contribution in [3.05, 3.63) is 0 Å². The lowest BCUT2D eigenvalue weighted by atomic mass is 10.0. The first-order chi connectivity index (χ1) is 7.18. The second-order valence-electron chi connectivity index (χ2n) is 5.32. The van der Waals surface area contributed by atoms with Gasteiger partial charge in [0, 0.05) is 17.0 Å². The number of thioether (sulfide) groups is 1. The highest BCUT2D eigenvalue weighted by Gasteiger charge is 2.15. The summed E-state index contributed by atoms with van der Waals surface area (Å²) in [6.07, 6.45) is 9.70. The quantitative estimate of drug-likeness (QED) is 0.749. The van der Waals surface area contributed by atoms with E-state index in [2.05, 4.69) is 25.6 Å². The summed E-state index contributed by atoms with van der Waals surface area (Å²) < 4.78 is 0. The number of rotatable bonds is 6. The predicted molar refractivity (Wildman–Crippen MR) is 71.4 cm³/mol. The average Bonchev–Trinajstić information content (AvgIpc) is 2.25. The topological polar surface area (TPSA) is 26.0 Å². The third-order valence-corrected chi connectivity index (χ3v) is 4.78. The van der Waals surface area contributed by atoms with E-state index in [4.69, 9.17) is 5.73 Å². The van der Waals surface area contributed by atoms with Crippen LogP contribution in [-0.2, 0) is 0 Å². The molecule has 15 heavy (non-hydrogen) atoms. The number of hydrogen-bond donors (Lipinski definition) is 1. The molecular weight excluding hydrogens is 202 g/mol. The Labute approximate surface area is 99.6 Å². The van der Waals surface area contributed by atoms with E-state index in [1.165, 1.54) is 50.7 Å². The van der Waals surface area contributed by atoms with Crippen molar-refractivity contribution in [2.45, 2.75) is 70.1 Å². The van der Waals surface area contributed by atoms with E-state index in [1.807, 2.05) is 0 Å². The van der Waals surface area contributed by atoms with Crippen molar-refractivity contribution in [3.63, 3.8) is 0 Å². The van der Waals surface area contributed by atoms with E-state index in [-0.39, 0.29) is 0 Å². The molecule has 0 bridgehead atoms. The molecule has 0 aliphatic heterocycles. The van der Waals surface area contributed by atoms with Crippen LogP contribution in [0.3, 0.4) is 0 Å². The maximum atomic E-state index is 6.12. The van der Waals surface area contributed by atoms with Crippen molar-refractivity contribution in [3.8, 4) is 0 Å². The standard InChI is InChI=1S/C13H27NS/c1-11(2)8-9-12(14)10-15-13-6-4-3-5-7-13/h11-13H,3-10,14H2,1-2H3. The second-order valence-corrected chi connectivity index (χ2v) is 6.66. The van der Waals surface area contributed by atoms with Crippen molar-refractivity contribution in [2.24, 2.45) is 11.7 Å². The Kier molecular flexibility index (Phi) is 6.74. The van der Waals surface area contributed by atoms with Gasteiger partial charge in [-0.1, -0.05) is 33.1 Å². The first-order valence-corrected chi connectivity index (χ1v) is 7.60. The molecule has 0 aromatic carbocycles. The zero-order valence-electron chi connectivity index (χ0n) is 10.4. The number of hydrogen-bond acceptors (Lipinski definition) is 2. The maximum Gasteiger partial charge on any atom is 0.0130 e. The van der Waals surface area contributed by atoms with Gasteiger partial charge in [-0.25, -0.2) is 0 Å². The average molecular weight is 229 g/mol. The summed E-state index contributed by atoms with van der Waals surface area (Å²) in [6, 6.07) is 0.430. The van der Waals surface area contributed by atoms with Crippen LogP contribution in [0.2, 0.25) is 0 Å².